The number of nitrogen functional groups attached to an aromatic ring is 1. The number of aromatic nitrogens is 2. The first kappa shape index (κ1) is 11.1. The topological polar surface area (TPSA) is 64.3 Å². The van der Waals surface area contributed by atoms with Crippen LogP contribution in [0.4, 0.5) is 11.8 Å². The van der Waals surface area contributed by atoms with Crippen LogP contribution < -0.4 is 10.6 Å². The van der Waals surface area contributed by atoms with Crippen molar-refractivity contribution in [1.29, 1.82) is 0 Å². The molecule has 0 bridgehead atoms. The molecule has 2 unspecified atom stereocenters. The van der Waals surface area contributed by atoms with Gasteiger partial charge in [-0.1, -0.05) is 6.92 Å². The fourth-order valence-electron chi connectivity index (χ4n) is 1.99. The maximum Gasteiger partial charge on any atom is 0.221 e. The number of hydrogen-bond acceptors (Lipinski definition) is 5. The summed E-state index contributed by atoms with van der Waals surface area (Å²) in [6.45, 7) is 5.83. The highest BCUT2D eigenvalue weighted by Crippen LogP contribution is 2.21. The fraction of sp³-hybridized carbons (Fsp3) is 0.636. The highest BCUT2D eigenvalue weighted by Gasteiger charge is 2.26. The van der Waals surface area contributed by atoms with E-state index in [9.17, 15) is 0 Å². The van der Waals surface area contributed by atoms with E-state index < -0.39 is 0 Å². The lowest BCUT2D eigenvalue weighted by Gasteiger charge is -2.39. The molecule has 88 valence electrons. The van der Waals surface area contributed by atoms with Crippen molar-refractivity contribution in [3.63, 3.8) is 0 Å². The van der Waals surface area contributed by atoms with Gasteiger partial charge in [0.2, 0.25) is 5.95 Å². The number of anilines is 2. The number of nitrogens with zero attached hydrogens (tertiary/aromatic N) is 3. The lowest BCUT2D eigenvalue weighted by Crippen LogP contribution is -2.49. The molecule has 1 aromatic rings. The van der Waals surface area contributed by atoms with Gasteiger partial charge >= 0.3 is 0 Å². The van der Waals surface area contributed by atoms with E-state index in [4.69, 9.17) is 10.5 Å². The average Bonchev–Trinajstić information content (AvgIpc) is 2.29. The van der Waals surface area contributed by atoms with Crippen LogP contribution in [0.25, 0.3) is 0 Å². The summed E-state index contributed by atoms with van der Waals surface area (Å²) in [5.41, 5.74) is 5.61. The first-order valence-electron chi connectivity index (χ1n) is 5.67. The Hall–Kier alpha value is -1.36. The second kappa shape index (κ2) is 4.65. The second-order valence-corrected chi connectivity index (χ2v) is 4.13. The van der Waals surface area contributed by atoms with Crippen LogP contribution in [0.3, 0.4) is 0 Å². The molecule has 0 aromatic carbocycles. The van der Waals surface area contributed by atoms with Gasteiger partial charge in [0.25, 0.3) is 0 Å². The molecule has 2 rings (SSSR count). The summed E-state index contributed by atoms with van der Waals surface area (Å²) >= 11 is 0. The third-order valence-electron chi connectivity index (χ3n) is 2.89. The van der Waals surface area contributed by atoms with Gasteiger partial charge in [0, 0.05) is 12.7 Å². The van der Waals surface area contributed by atoms with Gasteiger partial charge in [0.05, 0.1) is 18.8 Å². The Bertz CT molecular complexity index is 358. The van der Waals surface area contributed by atoms with Crippen LogP contribution in [0.15, 0.2) is 12.3 Å². The minimum Gasteiger partial charge on any atom is -0.375 e. The highest BCUT2D eigenvalue weighted by atomic mass is 16.5. The van der Waals surface area contributed by atoms with Crippen LogP contribution in [-0.2, 0) is 4.74 Å². The molecule has 2 N–H and O–H groups in total. The van der Waals surface area contributed by atoms with Crippen LogP contribution >= 0.6 is 0 Å². The number of morpholine rings is 1. The van der Waals surface area contributed by atoms with E-state index in [1.54, 1.807) is 6.20 Å². The summed E-state index contributed by atoms with van der Waals surface area (Å²) < 4.78 is 5.65. The monoisotopic (exact) mass is 222 g/mol. The molecule has 1 aliphatic rings. The van der Waals surface area contributed by atoms with Crippen molar-refractivity contribution in [1.82, 2.24) is 9.97 Å². The SMILES string of the molecule is CCC1COC(C)CN1c1ccnc(N)n1. The molecule has 1 saturated heterocycles. The first-order chi connectivity index (χ1) is 7.70. The molecular formula is C11H18N4O. The minimum atomic E-state index is 0.235. The normalized spacial score (nSPS) is 25.8. The summed E-state index contributed by atoms with van der Waals surface area (Å²) in [6.07, 6.45) is 2.97. The molecule has 1 aromatic heterocycles. The smallest absolute Gasteiger partial charge is 0.221 e. The summed E-state index contributed by atoms with van der Waals surface area (Å²) in [5, 5.41) is 0. The van der Waals surface area contributed by atoms with Crippen molar-refractivity contribution < 1.29 is 4.74 Å². The van der Waals surface area contributed by atoms with E-state index >= 15 is 0 Å². The molecule has 0 spiro atoms. The van der Waals surface area contributed by atoms with Gasteiger partial charge in [-0.05, 0) is 19.4 Å². The van der Waals surface area contributed by atoms with E-state index in [1.807, 2.05) is 6.07 Å². The Morgan fingerprint density at radius 2 is 2.44 bits per heavy atom. The van der Waals surface area contributed by atoms with E-state index in [0.717, 1.165) is 25.4 Å². The second-order valence-electron chi connectivity index (χ2n) is 4.13. The standard InChI is InChI=1S/C11H18N4O/c1-3-9-7-16-8(2)6-15(9)10-4-5-13-11(12)14-10/h4-5,8-9H,3,6-7H2,1-2H3,(H2,12,13,14). The van der Waals surface area contributed by atoms with Crippen LogP contribution in [0, 0.1) is 0 Å². The van der Waals surface area contributed by atoms with Crippen molar-refractivity contribution in [3.8, 4) is 0 Å². The van der Waals surface area contributed by atoms with Crippen LogP contribution in [0.2, 0.25) is 0 Å². The molecule has 16 heavy (non-hydrogen) atoms. The lowest BCUT2D eigenvalue weighted by molar-refractivity contribution is 0.0296. The lowest BCUT2D eigenvalue weighted by atomic mass is 10.1. The van der Waals surface area contributed by atoms with Crippen molar-refractivity contribution >= 4 is 11.8 Å². The molecule has 0 saturated carbocycles. The summed E-state index contributed by atoms with van der Waals surface area (Å²) in [5.74, 6) is 1.22. The molecule has 5 heteroatoms. The van der Waals surface area contributed by atoms with Crippen LogP contribution in [0.5, 0.6) is 0 Å². The summed E-state index contributed by atoms with van der Waals surface area (Å²) in [7, 11) is 0. The van der Waals surface area contributed by atoms with Gasteiger partial charge in [-0.3, -0.25) is 0 Å². The molecule has 0 amide bonds. The van der Waals surface area contributed by atoms with Gasteiger partial charge in [0.15, 0.2) is 0 Å². The van der Waals surface area contributed by atoms with Crippen molar-refractivity contribution in [2.75, 3.05) is 23.8 Å². The van der Waals surface area contributed by atoms with Gasteiger partial charge in [-0.15, -0.1) is 0 Å². The summed E-state index contributed by atoms with van der Waals surface area (Å²) in [4.78, 5) is 10.4. The predicted octanol–water partition coefficient (Wildman–Crippen LogP) is 1.06. The highest BCUT2D eigenvalue weighted by molar-refractivity contribution is 5.42. The quantitative estimate of drug-likeness (QED) is 0.810. The largest absolute Gasteiger partial charge is 0.375 e. The predicted molar refractivity (Wildman–Crippen MR) is 63.3 cm³/mol. The zero-order valence-corrected chi connectivity index (χ0v) is 9.76. The third kappa shape index (κ3) is 2.24. The van der Waals surface area contributed by atoms with Crippen molar-refractivity contribution in [3.05, 3.63) is 12.3 Å². The molecule has 1 fully saturated rings. The Labute approximate surface area is 95.6 Å². The van der Waals surface area contributed by atoms with Gasteiger partial charge in [-0.2, -0.15) is 4.98 Å². The molecule has 2 atom stereocenters. The van der Waals surface area contributed by atoms with E-state index in [-0.39, 0.29) is 6.10 Å². The van der Waals surface area contributed by atoms with E-state index in [1.165, 1.54) is 0 Å². The number of nitrogens with two attached hydrogens (primary N) is 1. The fourth-order valence-corrected chi connectivity index (χ4v) is 1.99. The average molecular weight is 222 g/mol. The van der Waals surface area contributed by atoms with Crippen molar-refractivity contribution in [2.24, 2.45) is 0 Å². The van der Waals surface area contributed by atoms with Gasteiger partial charge in [0.1, 0.15) is 5.82 Å². The molecule has 2 heterocycles. The van der Waals surface area contributed by atoms with Crippen molar-refractivity contribution in [2.45, 2.75) is 32.4 Å². The maximum atomic E-state index is 5.65. The minimum absolute atomic E-state index is 0.235. The van der Waals surface area contributed by atoms with E-state index in [2.05, 4.69) is 28.7 Å². The first-order valence-corrected chi connectivity index (χ1v) is 5.67. The number of rotatable bonds is 2. The van der Waals surface area contributed by atoms with E-state index in [0.29, 0.717) is 12.0 Å². The third-order valence-corrected chi connectivity index (χ3v) is 2.89. The summed E-state index contributed by atoms with van der Waals surface area (Å²) in [6, 6.07) is 2.28. The van der Waals surface area contributed by atoms with Gasteiger partial charge in [-0.25, -0.2) is 4.98 Å². The molecule has 0 aliphatic carbocycles. The van der Waals surface area contributed by atoms with Crippen LogP contribution in [-0.4, -0.2) is 35.3 Å². The zero-order chi connectivity index (χ0) is 11.5. The Morgan fingerprint density at radius 3 is 3.12 bits per heavy atom. The number of hydrogen-bond donors (Lipinski definition) is 1. The van der Waals surface area contributed by atoms with Crippen LogP contribution in [0.1, 0.15) is 20.3 Å². The molecule has 0 radical (unpaired) electrons. The molecule has 5 nitrogen and oxygen atoms in total. The maximum absolute atomic E-state index is 5.65. The molecule has 1 aliphatic heterocycles. The Balaban J connectivity index is 2.22. The Kier molecular flexibility index (Phi) is 3.24. The molecular weight excluding hydrogens is 204 g/mol. The Morgan fingerprint density at radius 1 is 1.62 bits per heavy atom. The zero-order valence-electron chi connectivity index (χ0n) is 9.76. The van der Waals surface area contributed by atoms with Gasteiger partial charge < -0.3 is 15.4 Å². The number of ether oxygens (including phenoxy) is 1.